The van der Waals surface area contributed by atoms with E-state index in [2.05, 4.69) is 4.72 Å². The summed E-state index contributed by atoms with van der Waals surface area (Å²) >= 11 is 0. The molecule has 0 radical (unpaired) electrons. The number of rotatable bonds is 4. The van der Waals surface area contributed by atoms with Gasteiger partial charge >= 0.3 is 0 Å². The van der Waals surface area contributed by atoms with Gasteiger partial charge < -0.3 is 4.90 Å². The van der Waals surface area contributed by atoms with Crippen LogP contribution in [-0.4, -0.2) is 31.8 Å². The molecule has 2 atom stereocenters. The summed E-state index contributed by atoms with van der Waals surface area (Å²) in [5, 5.41) is 0. The van der Waals surface area contributed by atoms with E-state index in [1.54, 1.807) is 12.1 Å². The zero-order valence-electron chi connectivity index (χ0n) is 15.8. The Hall–Kier alpha value is -2.48. The first-order valence-corrected chi connectivity index (χ1v) is 11.2. The third kappa shape index (κ3) is 3.99. The van der Waals surface area contributed by atoms with Gasteiger partial charge in [-0.05, 0) is 67.6 Å². The van der Waals surface area contributed by atoms with Crippen molar-refractivity contribution < 1.29 is 22.0 Å². The predicted octanol–water partition coefficient (Wildman–Crippen LogP) is 4.17. The van der Waals surface area contributed by atoms with Crippen LogP contribution in [0.1, 0.15) is 42.5 Å². The minimum atomic E-state index is -4.07. The second-order valence-electron chi connectivity index (χ2n) is 7.66. The Morgan fingerprint density at radius 2 is 1.69 bits per heavy atom. The van der Waals surface area contributed by atoms with Crippen LogP contribution in [0.5, 0.6) is 0 Å². The lowest BCUT2D eigenvalue weighted by Gasteiger charge is -2.31. The Kier molecular flexibility index (Phi) is 5.29. The second-order valence-corrected chi connectivity index (χ2v) is 9.34. The topological polar surface area (TPSA) is 66.5 Å². The van der Waals surface area contributed by atoms with Gasteiger partial charge in [0.15, 0.2) is 11.6 Å². The number of likely N-dealkylation sites (tertiary alicyclic amines) is 1. The zero-order valence-corrected chi connectivity index (χ0v) is 16.6. The van der Waals surface area contributed by atoms with Crippen LogP contribution in [0.3, 0.4) is 0 Å². The van der Waals surface area contributed by atoms with E-state index in [1.807, 2.05) is 4.90 Å². The molecule has 5 nitrogen and oxygen atoms in total. The first-order chi connectivity index (χ1) is 13.8. The summed E-state index contributed by atoms with van der Waals surface area (Å²) in [5.41, 5.74) is 0.746. The molecule has 1 heterocycles. The van der Waals surface area contributed by atoms with Gasteiger partial charge in [-0.15, -0.1) is 0 Å². The van der Waals surface area contributed by atoms with E-state index in [1.165, 1.54) is 25.0 Å². The number of carbonyl (C=O) groups is 1. The lowest BCUT2D eigenvalue weighted by Crippen LogP contribution is -2.39. The Bertz CT molecular complexity index is 1020. The van der Waals surface area contributed by atoms with E-state index in [0.29, 0.717) is 23.6 Å². The van der Waals surface area contributed by atoms with Crippen molar-refractivity contribution in [2.75, 3.05) is 11.3 Å². The largest absolute Gasteiger partial charge is 0.335 e. The highest BCUT2D eigenvalue weighted by molar-refractivity contribution is 7.92. The highest BCUT2D eigenvalue weighted by Crippen LogP contribution is 2.36. The maximum atomic E-state index is 13.3. The van der Waals surface area contributed by atoms with E-state index >= 15 is 0 Å². The van der Waals surface area contributed by atoms with Gasteiger partial charge in [0.2, 0.25) is 0 Å². The molecule has 2 fully saturated rings. The van der Waals surface area contributed by atoms with Gasteiger partial charge in [-0.2, -0.15) is 0 Å². The van der Waals surface area contributed by atoms with E-state index < -0.39 is 21.7 Å². The van der Waals surface area contributed by atoms with E-state index in [-0.39, 0.29) is 16.5 Å². The van der Waals surface area contributed by atoms with Gasteiger partial charge in [-0.3, -0.25) is 9.52 Å². The molecule has 1 saturated heterocycles. The van der Waals surface area contributed by atoms with Crippen molar-refractivity contribution in [3.63, 3.8) is 0 Å². The minimum absolute atomic E-state index is 0.0330. The van der Waals surface area contributed by atoms with E-state index in [0.717, 1.165) is 37.9 Å². The van der Waals surface area contributed by atoms with Crippen molar-refractivity contribution in [1.29, 1.82) is 0 Å². The van der Waals surface area contributed by atoms with Gasteiger partial charge in [0.1, 0.15) is 0 Å². The third-order valence-corrected chi connectivity index (χ3v) is 7.24. The quantitative estimate of drug-likeness (QED) is 0.807. The van der Waals surface area contributed by atoms with Crippen LogP contribution >= 0.6 is 0 Å². The molecular weight excluding hydrogens is 398 g/mol. The first kappa shape index (κ1) is 19.8. The number of benzene rings is 2. The van der Waals surface area contributed by atoms with E-state index in [9.17, 15) is 22.0 Å². The summed E-state index contributed by atoms with van der Waals surface area (Å²) in [4.78, 5) is 14.5. The molecule has 8 heteroatoms. The predicted molar refractivity (Wildman–Crippen MR) is 105 cm³/mol. The molecule has 29 heavy (non-hydrogen) atoms. The summed E-state index contributed by atoms with van der Waals surface area (Å²) in [6.07, 6.45) is 5.65. The van der Waals surface area contributed by atoms with Crippen molar-refractivity contribution in [2.24, 2.45) is 5.92 Å². The van der Waals surface area contributed by atoms with Crippen molar-refractivity contribution in [2.45, 2.75) is 43.0 Å². The van der Waals surface area contributed by atoms with Crippen LogP contribution < -0.4 is 4.72 Å². The molecule has 0 bridgehead atoms. The van der Waals surface area contributed by atoms with Crippen LogP contribution in [0.4, 0.5) is 14.5 Å². The molecule has 0 aromatic heterocycles. The maximum absolute atomic E-state index is 13.3. The number of amides is 1. The number of anilines is 1. The number of halogens is 2. The first-order valence-electron chi connectivity index (χ1n) is 9.74. The molecule has 0 spiro atoms. The fraction of sp³-hybridized carbons (Fsp3) is 0.381. The number of hydrogen-bond donors (Lipinski definition) is 1. The minimum Gasteiger partial charge on any atom is -0.335 e. The molecule has 154 valence electrons. The van der Waals surface area contributed by atoms with Gasteiger partial charge in [0, 0.05) is 23.8 Å². The lowest BCUT2D eigenvalue weighted by atomic mass is 9.85. The monoisotopic (exact) mass is 420 g/mol. The SMILES string of the molecule is O=C(c1ccc(NS(=O)(=O)c2ccc(F)c(F)c2)cc1)N1CCC2CCCCC21. The molecule has 2 aromatic carbocycles. The summed E-state index contributed by atoms with van der Waals surface area (Å²) in [6.45, 7) is 0.763. The highest BCUT2D eigenvalue weighted by Gasteiger charge is 2.38. The van der Waals surface area contributed by atoms with Gasteiger partial charge in [0.05, 0.1) is 4.90 Å². The summed E-state index contributed by atoms with van der Waals surface area (Å²) in [7, 11) is -4.07. The summed E-state index contributed by atoms with van der Waals surface area (Å²) in [6, 6.07) is 8.86. The molecular formula is C21H22F2N2O3S. The fourth-order valence-electron chi connectivity index (χ4n) is 4.36. The molecule has 1 saturated carbocycles. The number of hydrogen-bond acceptors (Lipinski definition) is 3. The van der Waals surface area contributed by atoms with Crippen LogP contribution in [0.25, 0.3) is 0 Å². The molecule has 1 N–H and O–H groups in total. The van der Waals surface area contributed by atoms with Crippen LogP contribution in [0.2, 0.25) is 0 Å². The van der Waals surface area contributed by atoms with Gasteiger partial charge in [-0.25, -0.2) is 17.2 Å². The van der Waals surface area contributed by atoms with Crippen LogP contribution in [-0.2, 0) is 10.0 Å². The number of nitrogens with one attached hydrogen (secondary N) is 1. The summed E-state index contributed by atoms with van der Waals surface area (Å²) < 4.78 is 53.5. The van der Waals surface area contributed by atoms with E-state index in [4.69, 9.17) is 0 Å². The highest BCUT2D eigenvalue weighted by atomic mass is 32.2. The number of nitrogens with zero attached hydrogens (tertiary/aromatic N) is 1. The standard InChI is InChI=1S/C21H22F2N2O3S/c22-18-10-9-17(13-19(18)23)29(27,28)24-16-7-5-15(6-8-16)21(26)25-12-11-14-3-1-2-4-20(14)25/h5-10,13-14,20,24H,1-4,11-12H2. The van der Waals surface area contributed by atoms with Crippen LogP contribution in [0, 0.1) is 17.6 Å². The Labute approximate surface area is 168 Å². The number of fused-ring (bicyclic) bond motifs is 1. The number of sulfonamides is 1. The zero-order chi connectivity index (χ0) is 20.6. The molecule has 1 aliphatic carbocycles. The molecule has 2 unspecified atom stereocenters. The Balaban J connectivity index is 1.47. The van der Waals surface area contributed by atoms with Gasteiger partial charge in [-0.1, -0.05) is 12.8 Å². The van der Waals surface area contributed by atoms with Crippen molar-refractivity contribution in [3.05, 3.63) is 59.7 Å². The Morgan fingerprint density at radius 3 is 2.41 bits per heavy atom. The van der Waals surface area contributed by atoms with Crippen molar-refractivity contribution in [3.8, 4) is 0 Å². The lowest BCUT2D eigenvalue weighted by molar-refractivity contribution is 0.0690. The van der Waals surface area contributed by atoms with Crippen LogP contribution in [0.15, 0.2) is 47.4 Å². The molecule has 4 rings (SSSR count). The second kappa shape index (κ2) is 7.74. The average Bonchev–Trinajstić information content (AvgIpc) is 3.14. The van der Waals surface area contributed by atoms with Gasteiger partial charge in [0.25, 0.3) is 15.9 Å². The molecule has 1 aliphatic heterocycles. The van der Waals surface area contributed by atoms with Crippen molar-refractivity contribution >= 4 is 21.6 Å². The smallest absolute Gasteiger partial charge is 0.261 e. The molecule has 1 amide bonds. The molecule has 2 aliphatic rings. The average molecular weight is 420 g/mol. The molecule has 2 aromatic rings. The Morgan fingerprint density at radius 1 is 0.966 bits per heavy atom. The number of carbonyl (C=O) groups excluding carboxylic acids is 1. The third-order valence-electron chi connectivity index (χ3n) is 5.86. The summed E-state index contributed by atoms with van der Waals surface area (Å²) in [5.74, 6) is -1.79. The maximum Gasteiger partial charge on any atom is 0.261 e. The fourth-order valence-corrected chi connectivity index (χ4v) is 5.43. The normalized spacial score (nSPS) is 21.7. The van der Waals surface area contributed by atoms with Crippen molar-refractivity contribution in [1.82, 2.24) is 4.90 Å².